The highest BCUT2D eigenvalue weighted by Crippen LogP contribution is 2.22. The first-order valence-electron chi connectivity index (χ1n) is 7.35. The van der Waals surface area contributed by atoms with Crippen molar-refractivity contribution >= 4 is 33.2 Å². The van der Waals surface area contributed by atoms with Gasteiger partial charge in [0.2, 0.25) is 0 Å². The standard InChI is InChI=1S/C17H16ClN3O3S/c1-21(12-4-11-19)17(22)15-5-2-3-6-16(15)20-25(23,24)14-9-7-13(18)8-10-14/h2-3,5-10,20H,4,12H2,1H3. The molecule has 0 fully saturated rings. The molecule has 0 aliphatic heterocycles. The quantitative estimate of drug-likeness (QED) is 0.837. The fourth-order valence-corrected chi connectivity index (χ4v) is 3.31. The van der Waals surface area contributed by atoms with Gasteiger partial charge in [-0.1, -0.05) is 23.7 Å². The molecule has 0 aliphatic rings. The Bertz CT molecular complexity index is 905. The molecule has 0 saturated heterocycles. The van der Waals surface area contributed by atoms with Crippen LogP contribution in [0.5, 0.6) is 0 Å². The minimum atomic E-state index is -3.86. The molecule has 1 amide bonds. The zero-order valence-corrected chi connectivity index (χ0v) is 15.0. The van der Waals surface area contributed by atoms with Crippen molar-refractivity contribution in [1.29, 1.82) is 5.26 Å². The number of anilines is 1. The van der Waals surface area contributed by atoms with E-state index in [1.807, 2.05) is 6.07 Å². The van der Waals surface area contributed by atoms with Crippen LogP contribution in [-0.4, -0.2) is 32.8 Å². The Balaban J connectivity index is 2.30. The van der Waals surface area contributed by atoms with E-state index >= 15 is 0 Å². The molecule has 2 rings (SSSR count). The highest BCUT2D eigenvalue weighted by Gasteiger charge is 2.20. The summed E-state index contributed by atoms with van der Waals surface area (Å²) in [5.41, 5.74) is 0.381. The molecule has 0 aromatic heterocycles. The normalized spacial score (nSPS) is 10.8. The summed E-state index contributed by atoms with van der Waals surface area (Å²) in [5.74, 6) is -0.371. The van der Waals surface area contributed by atoms with Crippen LogP contribution >= 0.6 is 11.6 Å². The number of hydrogen-bond donors (Lipinski definition) is 1. The van der Waals surface area contributed by atoms with E-state index in [-0.39, 0.29) is 35.0 Å². The molecule has 0 unspecified atom stereocenters. The molecule has 0 bridgehead atoms. The first-order chi connectivity index (χ1) is 11.8. The molecule has 25 heavy (non-hydrogen) atoms. The van der Waals surface area contributed by atoms with Gasteiger partial charge in [0, 0.05) is 18.6 Å². The van der Waals surface area contributed by atoms with Crippen molar-refractivity contribution in [3.63, 3.8) is 0 Å². The lowest BCUT2D eigenvalue weighted by Crippen LogP contribution is -2.28. The summed E-state index contributed by atoms with van der Waals surface area (Å²) in [7, 11) is -2.30. The van der Waals surface area contributed by atoms with E-state index in [1.165, 1.54) is 41.3 Å². The van der Waals surface area contributed by atoms with Gasteiger partial charge in [-0.15, -0.1) is 0 Å². The first kappa shape index (κ1) is 18.8. The van der Waals surface area contributed by atoms with Crippen molar-refractivity contribution in [1.82, 2.24) is 4.90 Å². The van der Waals surface area contributed by atoms with Gasteiger partial charge < -0.3 is 4.90 Å². The predicted molar refractivity (Wildman–Crippen MR) is 95.9 cm³/mol. The summed E-state index contributed by atoms with van der Waals surface area (Å²) in [4.78, 5) is 13.9. The summed E-state index contributed by atoms with van der Waals surface area (Å²) in [6.07, 6.45) is 0.195. The zero-order valence-electron chi connectivity index (χ0n) is 13.4. The summed E-state index contributed by atoms with van der Waals surface area (Å²) in [6.45, 7) is 0.258. The second kappa shape index (κ2) is 8.01. The number of carbonyl (C=O) groups is 1. The number of benzene rings is 2. The van der Waals surface area contributed by atoms with Crippen LogP contribution in [0.25, 0.3) is 0 Å². The van der Waals surface area contributed by atoms with Gasteiger partial charge in [-0.3, -0.25) is 9.52 Å². The highest BCUT2D eigenvalue weighted by atomic mass is 35.5. The lowest BCUT2D eigenvalue weighted by molar-refractivity contribution is 0.0799. The SMILES string of the molecule is CN(CCC#N)C(=O)c1ccccc1NS(=O)(=O)c1ccc(Cl)cc1. The lowest BCUT2D eigenvalue weighted by atomic mass is 10.1. The van der Waals surface area contributed by atoms with Crippen molar-refractivity contribution in [2.75, 3.05) is 18.3 Å². The van der Waals surface area contributed by atoms with Gasteiger partial charge in [0.15, 0.2) is 0 Å². The number of para-hydroxylation sites is 1. The molecule has 0 radical (unpaired) electrons. The third kappa shape index (κ3) is 4.72. The molecule has 0 aliphatic carbocycles. The van der Waals surface area contributed by atoms with Crippen LogP contribution in [0, 0.1) is 11.3 Å². The number of rotatable bonds is 6. The van der Waals surface area contributed by atoms with Gasteiger partial charge in [-0.25, -0.2) is 8.42 Å². The van der Waals surface area contributed by atoms with Crippen LogP contribution in [0.2, 0.25) is 5.02 Å². The summed E-state index contributed by atoms with van der Waals surface area (Å²) < 4.78 is 27.4. The van der Waals surface area contributed by atoms with Crippen LogP contribution in [0.1, 0.15) is 16.8 Å². The van der Waals surface area contributed by atoms with Gasteiger partial charge in [0.1, 0.15) is 0 Å². The molecule has 0 atom stereocenters. The fourth-order valence-electron chi connectivity index (χ4n) is 2.10. The molecule has 0 spiro atoms. The largest absolute Gasteiger partial charge is 0.341 e. The van der Waals surface area contributed by atoms with Crippen LogP contribution < -0.4 is 4.72 Å². The number of hydrogen-bond acceptors (Lipinski definition) is 4. The van der Waals surface area contributed by atoms with E-state index < -0.39 is 10.0 Å². The number of sulfonamides is 1. The number of carbonyl (C=O) groups excluding carboxylic acids is 1. The fraction of sp³-hybridized carbons (Fsp3) is 0.176. The summed E-state index contributed by atoms with van der Waals surface area (Å²) in [6, 6.07) is 14.0. The number of nitriles is 1. The Morgan fingerprint density at radius 3 is 2.48 bits per heavy atom. The topological polar surface area (TPSA) is 90.3 Å². The average Bonchev–Trinajstić information content (AvgIpc) is 2.59. The summed E-state index contributed by atoms with van der Waals surface area (Å²) in [5, 5.41) is 9.06. The van der Waals surface area contributed by atoms with E-state index in [1.54, 1.807) is 19.2 Å². The van der Waals surface area contributed by atoms with E-state index in [2.05, 4.69) is 4.72 Å². The second-order valence-electron chi connectivity index (χ2n) is 5.24. The maximum absolute atomic E-state index is 12.5. The zero-order chi connectivity index (χ0) is 18.4. The van der Waals surface area contributed by atoms with Gasteiger partial charge in [-0.05, 0) is 36.4 Å². The van der Waals surface area contributed by atoms with Gasteiger partial charge >= 0.3 is 0 Å². The molecule has 8 heteroatoms. The van der Waals surface area contributed by atoms with E-state index in [4.69, 9.17) is 16.9 Å². The summed E-state index contributed by atoms with van der Waals surface area (Å²) >= 11 is 5.78. The lowest BCUT2D eigenvalue weighted by Gasteiger charge is -2.18. The van der Waals surface area contributed by atoms with Crippen molar-refractivity contribution in [2.24, 2.45) is 0 Å². The van der Waals surface area contributed by atoms with Crippen molar-refractivity contribution in [2.45, 2.75) is 11.3 Å². The van der Waals surface area contributed by atoms with Crippen molar-refractivity contribution in [3.8, 4) is 6.07 Å². The first-order valence-corrected chi connectivity index (χ1v) is 9.21. The molecule has 0 heterocycles. The number of halogens is 1. The van der Waals surface area contributed by atoms with Gasteiger partial charge in [0.25, 0.3) is 15.9 Å². The minimum absolute atomic E-state index is 0.0389. The molecule has 6 nitrogen and oxygen atoms in total. The van der Waals surface area contributed by atoms with Crippen molar-refractivity contribution < 1.29 is 13.2 Å². The highest BCUT2D eigenvalue weighted by molar-refractivity contribution is 7.92. The second-order valence-corrected chi connectivity index (χ2v) is 7.36. The van der Waals surface area contributed by atoms with Crippen LogP contribution in [0.4, 0.5) is 5.69 Å². The monoisotopic (exact) mass is 377 g/mol. The Morgan fingerprint density at radius 2 is 1.84 bits per heavy atom. The van der Waals surface area contributed by atoms with Crippen LogP contribution in [0.15, 0.2) is 53.4 Å². The Hall–Kier alpha value is -2.56. The maximum atomic E-state index is 12.5. The molecule has 130 valence electrons. The third-order valence-corrected chi connectivity index (χ3v) is 5.06. The van der Waals surface area contributed by atoms with E-state index in [9.17, 15) is 13.2 Å². The maximum Gasteiger partial charge on any atom is 0.261 e. The third-order valence-electron chi connectivity index (χ3n) is 3.43. The molecule has 2 aromatic carbocycles. The van der Waals surface area contributed by atoms with Crippen LogP contribution in [-0.2, 0) is 10.0 Å². The van der Waals surface area contributed by atoms with Crippen molar-refractivity contribution in [3.05, 3.63) is 59.1 Å². The molecule has 1 N–H and O–H groups in total. The molecule has 0 saturated carbocycles. The smallest absolute Gasteiger partial charge is 0.261 e. The Labute approximate surface area is 151 Å². The van der Waals surface area contributed by atoms with E-state index in [0.29, 0.717) is 5.02 Å². The number of nitrogens with zero attached hydrogens (tertiary/aromatic N) is 2. The van der Waals surface area contributed by atoms with Crippen LogP contribution in [0.3, 0.4) is 0 Å². The number of amides is 1. The van der Waals surface area contributed by atoms with Gasteiger partial charge in [0.05, 0.1) is 28.6 Å². The molecular formula is C17H16ClN3O3S. The average molecular weight is 378 g/mol. The molecule has 2 aromatic rings. The number of nitrogens with one attached hydrogen (secondary N) is 1. The molecular weight excluding hydrogens is 362 g/mol. The Kier molecular flexibility index (Phi) is 6.02. The predicted octanol–water partition coefficient (Wildman–Crippen LogP) is 3.13. The minimum Gasteiger partial charge on any atom is -0.341 e. The Morgan fingerprint density at radius 1 is 1.20 bits per heavy atom. The van der Waals surface area contributed by atoms with Gasteiger partial charge in [-0.2, -0.15) is 5.26 Å². The van der Waals surface area contributed by atoms with E-state index in [0.717, 1.165) is 0 Å².